The predicted molar refractivity (Wildman–Crippen MR) is 177 cm³/mol. The second-order valence-corrected chi connectivity index (χ2v) is 13.4. The summed E-state index contributed by atoms with van der Waals surface area (Å²) in [6.07, 6.45) is -1.15. The molecule has 2 saturated heterocycles. The van der Waals surface area contributed by atoms with E-state index in [9.17, 15) is 0 Å². The Bertz CT molecular complexity index is 1360. The van der Waals surface area contributed by atoms with Crippen LogP contribution in [0.2, 0.25) is 0 Å². The van der Waals surface area contributed by atoms with Crippen LogP contribution >= 0.6 is 8.53 Å². The van der Waals surface area contributed by atoms with Crippen molar-refractivity contribution in [2.45, 2.75) is 76.2 Å². The molecule has 0 spiro atoms. The molecule has 10 heteroatoms. The Morgan fingerprint density at radius 1 is 0.783 bits per heavy atom. The Morgan fingerprint density at radius 2 is 1.28 bits per heavy atom. The molecule has 46 heavy (non-hydrogen) atoms. The number of benzene rings is 3. The molecule has 0 bridgehead atoms. The van der Waals surface area contributed by atoms with E-state index >= 15 is 0 Å². The predicted octanol–water partition coefficient (Wildman–Crippen LogP) is 6.84. The molecule has 5 rings (SSSR count). The molecule has 1 unspecified atom stereocenters. The maximum absolute atomic E-state index is 9.12. The number of fused-ring (bicyclic) bond motifs is 1. The van der Waals surface area contributed by atoms with Crippen LogP contribution < -0.4 is 9.47 Å². The molecule has 3 aromatic rings. The Morgan fingerprint density at radius 3 is 1.78 bits per heavy atom. The van der Waals surface area contributed by atoms with E-state index in [2.05, 4.69) is 50.6 Å². The third-order valence-electron chi connectivity index (χ3n) is 8.35. The van der Waals surface area contributed by atoms with Crippen LogP contribution in [0.4, 0.5) is 0 Å². The van der Waals surface area contributed by atoms with Gasteiger partial charge in [-0.05, 0) is 68.7 Å². The Hall–Kier alpha value is -3.06. The summed E-state index contributed by atoms with van der Waals surface area (Å²) in [6.45, 7) is 9.48. The fraction of sp³-hybridized carbons (Fsp3) is 0.472. The van der Waals surface area contributed by atoms with Gasteiger partial charge in [0.15, 0.2) is 0 Å². The van der Waals surface area contributed by atoms with E-state index in [0.29, 0.717) is 26.2 Å². The number of nitriles is 1. The second kappa shape index (κ2) is 15.7. The van der Waals surface area contributed by atoms with Crippen molar-refractivity contribution >= 4 is 8.53 Å². The standard InChI is InChI=1S/C36H45N2O7P/c1-25(2)38(26(3)4)46(43-22-10-21-37)45-33-24-42-34-32(23-41-35(33)34)44-36(27-11-8-7-9-12-27,28-13-17-30(39-5)18-14-28)29-15-19-31(40-6)20-16-29/h7-9,11-20,25-26,32-35H,10,22-24H2,1-6H3/t32-,33-,34-,35-,46?/m1/s1. The summed E-state index contributed by atoms with van der Waals surface area (Å²) in [7, 11) is 1.87. The van der Waals surface area contributed by atoms with E-state index in [4.69, 9.17) is 38.0 Å². The van der Waals surface area contributed by atoms with Crippen molar-refractivity contribution in [2.75, 3.05) is 34.0 Å². The molecule has 9 nitrogen and oxygen atoms in total. The quantitative estimate of drug-likeness (QED) is 0.0998. The highest BCUT2D eigenvalue weighted by molar-refractivity contribution is 7.44. The van der Waals surface area contributed by atoms with Crippen LogP contribution in [-0.2, 0) is 28.9 Å². The molecule has 0 aromatic heterocycles. The number of rotatable bonds is 15. The minimum Gasteiger partial charge on any atom is -0.497 e. The van der Waals surface area contributed by atoms with E-state index in [1.165, 1.54) is 0 Å². The Kier molecular flexibility index (Phi) is 11.7. The van der Waals surface area contributed by atoms with Crippen molar-refractivity contribution in [3.05, 3.63) is 95.6 Å². The normalized spacial score (nSPS) is 21.8. The summed E-state index contributed by atoms with van der Waals surface area (Å²) in [5.74, 6) is 1.52. The molecular weight excluding hydrogens is 603 g/mol. The highest BCUT2D eigenvalue weighted by atomic mass is 31.2. The minimum atomic E-state index is -1.45. The molecule has 0 saturated carbocycles. The smallest absolute Gasteiger partial charge is 0.259 e. The number of hydrogen-bond donors (Lipinski definition) is 0. The Balaban J connectivity index is 1.47. The van der Waals surface area contributed by atoms with Crippen LogP contribution in [0.25, 0.3) is 0 Å². The van der Waals surface area contributed by atoms with Gasteiger partial charge in [0.25, 0.3) is 8.53 Å². The van der Waals surface area contributed by atoms with Crippen LogP contribution in [0, 0.1) is 11.3 Å². The van der Waals surface area contributed by atoms with E-state index in [1.807, 2.05) is 66.7 Å². The summed E-state index contributed by atoms with van der Waals surface area (Å²) in [5, 5.41) is 9.12. The van der Waals surface area contributed by atoms with Gasteiger partial charge in [0, 0.05) is 12.1 Å². The molecule has 0 N–H and O–H groups in total. The molecule has 0 amide bonds. The topological polar surface area (TPSA) is 91.6 Å². The van der Waals surface area contributed by atoms with Gasteiger partial charge in [0.2, 0.25) is 0 Å². The van der Waals surface area contributed by atoms with Crippen molar-refractivity contribution < 1.29 is 32.7 Å². The zero-order chi connectivity index (χ0) is 32.7. The van der Waals surface area contributed by atoms with Crippen LogP contribution in [-0.4, -0.2) is 75.2 Å². The maximum atomic E-state index is 9.12. The lowest BCUT2D eigenvalue weighted by molar-refractivity contribution is -0.0957. The highest BCUT2D eigenvalue weighted by Gasteiger charge is 2.53. The largest absolute Gasteiger partial charge is 0.497 e. The first kappa shape index (κ1) is 34.3. The van der Waals surface area contributed by atoms with Gasteiger partial charge < -0.3 is 32.7 Å². The first-order valence-electron chi connectivity index (χ1n) is 15.8. The fourth-order valence-corrected chi connectivity index (χ4v) is 8.00. The van der Waals surface area contributed by atoms with Gasteiger partial charge >= 0.3 is 0 Å². The molecule has 5 atom stereocenters. The van der Waals surface area contributed by atoms with Gasteiger partial charge in [0.1, 0.15) is 41.5 Å². The number of hydrogen-bond acceptors (Lipinski definition) is 9. The number of ether oxygens (including phenoxy) is 5. The highest BCUT2D eigenvalue weighted by Crippen LogP contribution is 2.50. The number of methoxy groups -OCH3 is 2. The van der Waals surface area contributed by atoms with E-state index in [-0.39, 0.29) is 30.4 Å². The molecule has 0 radical (unpaired) electrons. The van der Waals surface area contributed by atoms with E-state index in [1.54, 1.807) is 14.2 Å². The average Bonchev–Trinajstić information content (AvgIpc) is 3.66. The van der Waals surface area contributed by atoms with Crippen molar-refractivity contribution in [1.29, 1.82) is 5.26 Å². The van der Waals surface area contributed by atoms with Gasteiger partial charge in [-0.1, -0.05) is 54.6 Å². The van der Waals surface area contributed by atoms with Crippen molar-refractivity contribution in [1.82, 2.24) is 4.67 Å². The third kappa shape index (κ3) is 7.25. The van der Waals surface area contributed by atoms with Gasteiger partial charge in [0.05, 0.1) is 46.5 Å². The zero-order valence-electron chi connectivity index (χ0n) is 27.5. The van der Waals surface area contributed by atoms with Gasteiger partial charge in [-0.2, -0.15) is 5.26 Å². The van der Waals surface area contributed by atoms with Gasteiger partial charge in [-0.25, -0.2) is 4.67 Å². The van der Waals surface area contributed by atoms with E-state index in [0.717, 1.165) is 28.2 Å². The van der Waals surface area contributed by atoms with Crippen LogP contribution in [0.3, 0.4) is 0 Å². The first-order chi connectivity index (χ1) is 22.3. The Labute approximate surface area is 274 Å². The second-order valence-electron chi connectivity index (χ2n) is 11.9. The minimum absolute atomic E-state index is 0.187. The van der Waals surface area contributed by atoms with E-state index < -0.39 is 20.2 Å². The summed E-state index contributed by atoms with van der Waals surface area (Å²) in [5.41, 5.74) is 1.86. The van der Waals surface area contributed by atoms with Crippen molar-refractivity contribution in [2.24, 2.45) is 0 Å². The molecule has 246 valence electrons. The summed E-state index contributed by atoms with van der Waals surface area (Å²) >= 11 is 0. The maximum Gasteiger partial charge on any atom is 0.259 e. The van der Waals surface area contributed by atoms with Crippen LogP contribution in [0.1, 0.15) is 50.8 Å². The van der Waals surface area contributed by atoms with Crippen molar-refractivity contribution in [3.63, 3.8) is 0 Å². The third-order valence-corrected chi connectivity index (χ3v) is 10.5. The van der Waals surface area contributed by atoms with Crippen molar-refractivity contribution in [3.8, 4) is 17.6 Å². The lowest BCUT2D eigenvalue weighted by atomic mass is 9.79. The van der Waals surface area contributed by atoms with Gasteiger partial charge in [-0.3, -0.25) is 0 Å². The van der Waals surface area contributed by atoms with Crippen LogP contribution in [0.5, 0.6) is 11.5 Å². The lowest BCUT2D eigenvalue weighted by Gasteiger charge is -2.39. The molecule has 2 aliphatic rings. The van der Waals surface area contributed by atoms with Gasteiger partial charge in [-0.15, -0.1) is 0 Å². The average molecular weight is 649 g/mol. The molecule has 3 aromatic carbocycles. The molecule has 2 fully saturated rings. The molecular formula is C36H45N2O7P. The molecule has 2 heterocycles. The molecule has 0 aliphatic carbocycles. The fourth-order valence-electron chi connectivity index (χ4n) is 6.29. The summed E-state index contributed by atoms with van der Waals surface area (Å²) in [6, 6.07) is 28.7. The number of nitrogens with zero attached hydrogens (tertiary/aromatic N) is 2. The zero-order valence-corrected chi connectivity index (χ0v) is 28.4. The first-order valence-corrected chi connectivity index (χ1v) is 17.0. The van der Waals surface area contributed by atoms with Crippen LogP contribution in [0.15, 0.2) is 78.9 Å². The summed E-state index contributed by atoms with van der Waals surface area (Å²) in [4.78, 5) is 0. The lowest BCUT2D eigenvalue weighted by Crippen LogP contribution is -2.42. The molecule has 2 aliphatic heterocycles. The summed E-state index contributed by atoms with van der Waals surface area (Å²) < 4.78 is 46.2. The monoisotopic (exact) mass is 648 g/mol. The SMILES string of the molecule is COc1ccc(C(O[C@@H]2CO[C@H]3[C@@H]2OC[C@H]3OP(OCCC#N)N(C(C)C)C(C)C)(c2ccccc2)c2ccc(OC)cc2)cc1.